The number of aromatic nitrogens is 2. The summed E-state index contributed by atoms with van der Waals surface area (Å²) in [4.78, 5) is 36.2. The number of amides is 2. The van der Waals surface area contributed by atoms with Crippen molar-refractivity contribution in [1.82, 2.24) is 19.8 Å². The zero-order valence-corrected chi connectivity index (χ0v) is 16.3. The van der Waals surface area contributed by atoms with Crippen LogP contribution in [0.3, 0.4) is 0 Å². The quantitative estimate of drug-likeness (QED) is 0.700. The first-order valence-corrected chi connectivity index (χ1v) is 9.30. The third kappa shape index (κ3) is 4.26. The first-order chi connectivity index (χ1) is 12.2. The number of carbonyl (C=O) groups excluding carboxylic acids is 2. The van der Waals surface area contributed by atoms with Crippen LogP contribution in [0.5, 0.6) is 0 Å². The first kappa shape index (κ1) is 18.9. The molecule has 1 aromatic heterocycles. The molecule has 0 unspecified atom stereocenters. The molecule has 2 amide bonds. The molecule has 1 aromatic rings. The largest absolute Gasteiger partial charge is 0.444 e. The molecule has 2 fully saturated rings. The Labute approximate surface area is 158 Å². The van der Waals surface area contributed by atoms with Gasteiger partial charge in [-0.05, 0) is 57.0 Å². The van der Waals surface area contributed by atoms with Gasteiger partial charge in [-0.2, -0.15) is 0 Å². The summed E-state index contributed by atoms with van der Waals surface area (Å²) in [7, 11) is 0. The molecular formula is C18H25ClN4O3. The summed E-state index contributed by atoms with van der Waals surface area (Å²) >= 11 is 5.67. The van der Waals surface area contributed by atoms with E-state index in [9.17, 15) is 9.59 Å². The van der Waals surface area contributed by atoms with Crippen molar-refractivity contribution in [3.8, 4) is 0 Å². The van der Waals surface area contributed by atoms with Gasteiger partial charge < -0.3 is 14.5 Å². The number of ether oxygens (including phenoxy) is 1. The highest BCUT2D eigenvalue weighted by molar-refractivity contribution is 6.28. The Morgan fingerprint density at radius 1 is 1.08 bits per heavy atom. The summed E-state index contributed by atoms with van der Waals surface area (Å²) in [6, 6.07) is 0. The van der Waals surface area contributed by atoms with E-state index in [2.05, 4.69) is 9.97 Å². The Morgan fingerprint density at radius 2 is 1.62 bits per heavy atom. The number of hydrogen-bond donors (Lipinski definition) is 0. The van der Waals surface area contributed by atoms with Gasteiger partial charge in [-0.15, -0.1) is 0 Å². The normalized spacial score (nSPS) is 19.7. The van der Waals surface area contributed by atoms with Gasteiger partial charge in [0.25, 0.3) is 5.91 Å². The lowest BCUT2D eigenvalue weighted by molar-refractivity contribution is 0.0242. The monoisotopic (exact) mass is 380 g/mol. The number of likely N-dealkylation sites (tertiary alicyclic amines) is 2. The fourth-order valence-corrected chi connectivity index (χ4v) is 3.71. The van der Waals surface area contributed by atoms with Crippen LogP contribution in [0.4, 0.5) is 4.79 Å². The van der Waals surface area contributed by atoms with Crippen molar-refractivity contribution < 1.29 is 14.3 Å². The lowest BCUT2D eigenvalue weighted by atomic mass is 9.77. The van der Waals surface area contributed by atoms with Gasteiger partial charge in [-0.25, -0.2) is 14.8 Å². The molecule has 2 aliphatic rings. The molecule has 0 N–H and O–H groups in total. The van der Waals surface area contributed by atoms with Crippen molar-refractivity contribution >= 4 is 23.6 Å². The smallest absolute Gasteiger partial charge is 0.410 e. The molecule has 0 aromatic carbocycles. The summed E-state index contributed by atoms with van der Waals surface area (Å²) in [6.45, 7) is 8.39. The van der Waals surface area contributed by atoms with Gasteiger partial charge in [0.1, 0.15) is 5.60 Å². The number of nitrogens with zero attached hydrogens (tertiary/aromatic N) is 4. The molecule has 26 heavy (non-hydrogen) atoms. The van der Waals surface area contributed by atoms with E-state index in [0.717, 1.165) is 19.3 Å². The summed E-state index contributed by atoms with van der Waals surface area (Å²) < 4.78 is 5.48. The minimum atomic E-state index is -0.483. The Kier molecular flexibility index (Phi) is 5.10. The van der Waals surface area contributed by atoms with E-state index in [4.69, 9.17) is 16.3 Å². The average molecular weight is 381 g/mol. The maximum atomic E-state index is 12.6. The van der Waals surface area contributed by atoms with E-state index < -0.39 is 5.60 Å². The highest BCUT2D eigenvalue weighted by atomic mass is 35.5. The SMILES string of the molecule is CC(C)(C)OC(=O)N1CCC2(CCN(C(=O)c3cnc(Cl)nc3)CC2)C1. The van der Waals surface area contributed by atoms with Crippen LogP contribution < -0.4 is 0 Å². The molecule has 1 spiro atoms. The van der Waals surface area contributed by atoms with E-state index >= 15 is 0 Å². The van der Waals surface area contributed by atoms with Crippen LogP contribution >= 0.6 is 11.6 Å². The summed E-state index contributed by atoms with van der Waals surface area (Å²) in [6.07, 6.45) is 5.40. The van der Waals surface area contributed by atoms with Gasteiger partial charge in [0.05, 0.1) is 5.56 Å². The number of carbonyl (C=O) groups is 2. The van der Waals surface area contributed by atoms with Gasteiger partial charge in [-0.3, -0.25) is 4.79 Å². The third-order valence-corrected chi connectivity index (χ3v) is 5.26. The fourth-order valence-electron chi connectivity index (χ4n) is 3.61. The second kappa shape index (κ2) is 7.02. The van der Waals surface area contributed by atoms with E-state index in [1.807, 2.05) is 25.7 Å². The fraction of sp³-hybridized carbons (Fsp3) is 0.667. The molecule has 2 aliphatic heterocycles. The van der Waals surface area contributed by atoms with Gasteiger partial charge in [0.2, 0.25) is 5.28 Å². The van der Waals surface area contributed by atoms with Crippen LogP contribution in [0.2, 0.25) is 5.28 Å². The Hall–Kier alpha value is -1.89. The molecule has 7 nitrogen and oxygen atoms in total. The van der Waals surface area contributed by atoms with E-state index in [1.165, 1.54) is 12.4 Å². The van der Waals surface area contributed by atoms with Crippen molar-refractivity contribution in [2.45, 2.75) is 45.6 Å². The lowest BCUT2D eigenvalue weighted by Gasteiger charge is -2.39. The molecular weight excluding hydrogens is 356 g/mol. The number of hydrogen-bond acceptors (Lipinski definition) is 5. The molecule has 3 heterocycles. The van der Waals surface area contributed by atoms with Crippen LogP contribution in [0.15, 0.2) is 12.4 Å². The zero-order chi connectivity index (χ0) is 18.9. The van der Waals surface area contributed by atoms with E-state index in [0.29, 0.717) is 31.7 Å². The lowest BCUT2D eigenvalue weighted by Crippen LogP contribution is -2.45. The van der Waals surface area contributed by atoms with Crippen molar-refractivity contribution in [1.29, 1.82) is 0 Å². The topological polar surface area (TPSA) is 75.6 Å². The maximum Gasteiger partial charge on any atom is 0.410 e. The van der Waals surface area contributed by atoms with Crippen molar-refractivity contribution in [3.63, 3.8) is 0 Å². The molecule has 2 saturated heterocycles. The van der Waals surface area contributed by atoms with Gasteiger partial charge in [0.15, 0.2) is 0 Å². The van der Waals surface area contributed by atoms with Crippen molar-refractivity contribution in [2.75, 3.05) is 26.2 Å². The van der Waals surface area contributed by atoms with Crippen LogP contribution in [0, 0.1) is 5.41 Å². The zero-order valence-electron chi connectivity index (χ0n) is 15.5. The second-order valence-corrected chi connectivity index (χ2v) is 8.52. The van der Waals surface area contributed by atoms with Crippen molar-refractivity contribution in [2.24, 2.45) is 5.41 Å². The third-order valence-electron chi connectivity index (χ3n) is 5.07. The predicted octanol–water partition coefficient (Wildman–Crippen LogP) is 2.99. The van der Waals surface area contributed by atoms with Gasteiger partial charge >= 0.3 is 6.09 Å². The summed E-state index contributed by atoms with van der Waals surface area (Å²) in [5.74, 6) is -0.0708. The molecule has 8 heteroatoms. The minimum Gasteiger partial charge on any atom is -0.444 e. The maximum absolute atomic E-state index is 12.6. The Bertz CT molecular complexity index is 679. The predicted molar refractivity (Wildman–Crippen MR) is 97.0 cm³/mol. The standard InChI is InChI=1S/C18H25ClN4O3/c1-17(2,3)26-16(25)23-9-6-18(12-23)4-7-22(8-5-18)14(24)13-10-20-15(19)21-11-13/h10-11H,4-9,12H2,1-3H3. The molecule has 0 saturated carbocycles. The van der Waals surface area contributed by atoms with E-state index in [-0.39, 0.29) is 22.7 Å². The average Bonchev–Trinajstić information content (AvgIpc) is 2.98. The Morgan fingerprint density at radius 3 is 2.15 bits per heavy atom. The second-order valence-electron chi connectivity index (χ2n) is 8.18. The van der Waals surface area contributed by atoms with Crippen molar-refractivity contribution in [3.05, 3.63) is 23.2 Å². The van der Waals surface area contributed by atoms with Gasteiger partial charge in [-0.1, -0.05) is 0 Å². The number of halogens is 1. The molecule has 142 valence electrons. The molecule has 0 atom stereocenters. The van der Waals surface area contributed by atoms with E-state index in [1.54, 1.807) is 4.90 Å². The highest BCUT2D eigenvalue weighted by Crippen LogP contribution is 2.41. The molecule has 3 rings (SSSR count). The molecule has 0 bridgehead atoms. The first-order valence-electron chi connectivity index (χ1n) is 8.92. The highest BCUT2D eigenvalue weighted by Gasteiger charge is 2.43. The molecule has 0 aliphatic carbocycles. The van der Waals surface area contributed by atoms with Crippen LogP contribution in [0.25, 0.3) is 0 Å². The molecule has 0 radical (unpaired) electrons. The minimum absolute atomic E-state index is 0.0708. The Balaban J connectivity index is 1.56. The van der Waals surface area contributed by atoms with Crippen LogP contribution in [0.1, 0.15) is 50.4 Å². The summed E-state index contributed by atoms with van der Waals surface area (Å²) in [5.41, 5.74) is 0.0557. The number of piperidine rings is 1. The van der Waals surface area contributed by atoms with Crippen LogP contribution in [-0.4, -0.2) is 63.5 Å². The van der Waals surface area contributed by atoms with Crippen LogP contribution in [-0.2, 0) is 4.74 Å². The number of rotatable bonds is 1. The summed E-state index contributed by atoms with van der Waals surface area (Å²) in [5, 5.41) is 0.132. The van der Waals surface area contributed by atoms with Gasteiger partial charge in [0, 0.05) is 38.6 Å².